The van der Waals surface area contributed by atoms with E-state index in [1.807, 2.05) is 0 Å². The highest BCUT2D eigenvalue weighted by molar-refractivity contribution is 5.94. The Bertz CT molecular complexity index is 869. The van der Waals surface area contributed by atoms with Crippen LogP contribution in [-0.2, 0) is 0 Å². The molecule has 0 aromatic carbocycles. The van der Waals surface area contributed by atoms with Gasteiger partial charge >= 0.3 is 0 Å². The molecule has 0 spiro atoms. The highest BCUT2D eigenvalue weighted by Gasteiger charge is 2.39. The summed E-state index contributed by atoms with van der Waals surface area (Å²) < 4.78 is 52.0. The van der Waals surface area contributed by atoms with Gasteiger partial charge in [-0.25, -0.2) is 22.6 Å². The molecule has 210 valence electrons. The van der Waals surface area contributed by atoms with Crippen molar-refractivity contribution >= 4 is 23.8 Å². The largest absolute Gasteiger partial charge is 0.369 e. The third-order valence-corrected chi connectivity index (χ3v) is 6.87. The molecule has 0 radical (unpaired) electrons. The second kappa shape index (κ2) is 12.6. The van der Waals surface area contributed by atoms with E-state index in [9.17, 15) is 17.6 Å². The molecule has 0 bridgehead atoms. The third kappa shape index (κ3) is 10.2. The fraction of sp³-hybridized carbons (Fsp3) is 0.826. The average Bonchev–Trinajstić information content (AvgIpc) is 3.59. The maximum absolute atomic E-state index is 13.1. The van der Waals surface area contributed by atoms with Crippen molar-refractivity contribution in [2.45, 2.75) is 82.1 Å². The van der Waals surface area contributed by atoms with E-state index in [0.29, 0.717) is 12.5 Å². The van der Waals surface area contributed by atoms with Gasteiger partial charge in [0.2, 0.25) is 11.9 Å². The fourth-order valence-corrected chi connectivity index (χ4v) is 4.36. The number of guanidine groups is 4. The summed E-state index contributed by atoms with van der Waals surface area (Å²) in [6.07, 6.45) is 7.43. The Hall–Kier alpha value is -2.80. The van der Waals surface area contributed by atoms with Crippen LogP contribution in [0.25, 0.3) is 0 Å². The first-order valence-corrected chi connectivity index (χ1v) is 13.0. The molecule has 37 heavy (non-hydrogen) atoms. The number of nitrogens with zero attached hydrogens (tertiary/aromatic N) is 6. The van der Waals surface area contributed by atoms with E-state index in [2.05, 4.69) is 20.0 Å². The lowest BCUT2D eigenvalue weighted by molar-refractivity contribution is -0.0436. The second-order valence-corrected chi connectivity index (χ2v) is 10.2. The summed E-state index contributed by atoms with van der Waals surface area (Å²) in [5.74, 6) is -4.20. The van der Waals surface area contributed by atoms with Crippen LogP contribution in [0.5, 0.6) is 0 Å². The third-order valence-electron chi connectivity index (χ3n) is 6.87. The smallest absolute Gasteiger partial charge is 0.267 e. The zero-order valence-electron chi connectivity index (χ0n) is 21.3. The molecule has 0 atom stereocenters. The summed E-state index contributed by atoms with van der Waals surface area (Å²) in [6, 6.07) is 0.228. The number of rotatable bonds is 3. The van der Waals surface area contributed by atoms with Crippen molar-refractivity contribution in [2.75, 3.05) is 32.7 Å². The molecule has 0 amide bonds. The zero-order chi connectivity index (χ0) is 27.1. The number of aliphatic imine (C=N–C) groups is 4. The Labute approximate surface area is 215 Å². The summed E-state index contributed by atoms with van der Waals surface area (Å²) in [6.45, 7) is 0.882. The minimum absolute atomic E-state index is 0.0271. The minimum atomic E-state index is -2.68. The molecule has 8 N–H and O–H groups in total. The average molecular weight is 533 g/mol. The Balaban J connectivity index is 0.000000208. The zero-order valence-corrected chi connectivity index (χ0v) is 21.3. The van der Waals surface area contributed by atoms with E-state index in [0.717, 1.165) is 12.8 Å². The molecule has 2 aliphatic heterocycles. The number of piperidine rings is 1. The Morgan fingerprint density at radius 2 is 1.24 bits per heavy atom. The standard InChI is InChI=1S/C13H23F2N5.C10H17F2N5/c14-13(15)6-8-20(9-7-13)12(17)19-11(16)18-10-4-2-1-3-5-10;11-10(12)3-4-17(6-10)9(14)16-8(13)15-5-7-1-2-7/h10H,1-9H2,(H4,16,17,18,19);7H,1-6H2,(H4,13,14,15,16). The molecule has 14 heteroatoms. The van der Waals surface area contributed by atoms with Crippen molar-refractivity contribution in [3.63, 3.8) is 0 Å². The van der Waals surface area contributed by atoms with Crippen LogP contribution in [0.15, 0.2) is 20.0 Å². The minimum Gasteiger partial charge on any atom is -0.369 e. The van der Waals surface area contributed by atoms with Gasteiger partial charge in [0.1, 0.15) is 0 Å². The normalized spacial score (nSPS) is 25.6. The molecule has 10 nitrogen and oxygen atoms in total. The van der Waals surface area contributed by atoms with Gasteiger partial charge in [0.15, 0.2) is 11.9 Å². The molecule has 0 aromatic heterocycles. The Morgan fingerprint density at radius 1 is 0.703 bits per heavy atom. The van der Waals surface area contributed by atoms with Crippen LogP contribution in [0.4, 0.5) is 17.6 Å². The SMILES string of the molecule is NC(=NC1CCCCC1)N=C(N)N1CCC(F)(F)CC1.NC(=NCC1CC1)N=C(N)N1CCC(F)(F)C1. The Kier molecular flexibility index (Phi) is 9.82. The molecular formula is C23H40F4N10. The summed E-state index contributed by atoms with van der Waals surface area (Å²) in [7, 11) is 0. The van der Waals surface area contributed by atoms with E-state index in [-0.39, 0.29) is 68.8 Å². The van der Waals surface area contributed by atoms with E-state index in [1.165, 1.54) is 37.0 Å². The molecule has 2 aliphatic carbocycles. The van der Waals surface area contributed by atoms with Crippen molar-refractivity contribution in [1.82, 2.24) is 9.80 Å². The first-order valence-electron chi connectivity index (χ1n) is 13.0. The van der Waals surface area contributed by atoms with E-state index in [1.54, 1.807) is 4.90 Å². The lowest BCUT2D eigenvalue weighted by Gasteiger charge is -2.32. The van der Waals surface area contributed by atoms with Crippen LogP contribution in [0.1, 0.15) is 64.2 Å². The van der Waals surface area contributed by atoms with Crippen molar-refractivity contribution in [3.05, 3.63) is 0 Å². The van der Waals surface area contributed by atoms with Crippen LogP contribution in [0, 0.1) is 5.92 Å². The van der Waals surface area contributed by atoms with E-state index >= 15 is 0 Å². The van der Waals surface area contributed by atoms with Crippen LogP contribution in [-0.4, -0.2) is 84.2 Å². The molecule has 4 rings (SSSR count). The highest BCUT2D eigenvalue weighted by atomic mass is 19.3. The quantitative estimate of drug-likeness (QED) is 0.247. The maximum atomic E-state index is 13.1. The van der Waals surface area contributed by atoms with Crippen molar-refractivity contribution < 1.29 is 17.6 Å². The number of alkyl halides is 4. The molecule has 2 heterocycles. The lowest BCUT2D eigenvalue weighted by atomic mass is 9.96. The van der Waals surface area contributed by atoms with E-state index < -0.39 is 18.4 Å². The van der Waals surface area contributed by atoms with Gasteiger partial charge in [0.05, 0.1) is 12.6 Å². The number of nitrogens with two attached hydrogens (primary N) is 4. The van der Waals surface area contributed by atoms with Gasteiger partial charge in [-0.2, -0.15) is 9.98 Å². The summed E-state index contributed by atoms with van der Waals surface area (Å²) >= 11 is 0. The first kappa shape index (κ1) is 28.8. The molecule has 2 saturated carbocycles. The van der Waals surface area contributed by atoms with Gasteiger partial charge in [-0.1, -0.05) is 19.3 Å². The number of likely N-dealkylation sites (tertiary alicyclic amines) is 2. The first-order chi connectivity index (χ1) is 17.4. The molecule has 4 fully saturated rings. The van der Waals surface area contributed by atoms with Crippen molar-refractivity contribution in [2.24, 2.45) is 48.8 Å². The van der Waals surface area contributed by atoms with Gasteiger partial charge in [-0.3, -0.25) is 4.99 Å². The van der Waals surface area contributed by atoms with Crippen molar-refractivity contribution in [1.29, 1.82) is 0 Å². The van der Waals surface area contributed by atoms with Gasteiger partial charge in [-0.05, 0) is 31.6 Å². The van der Waals surface area contributed by atoms with Gasteiger partial charge < -0.3 is 32.7 Å². The number of halogens is 4. The molecule has 4 aliphatic rings. The van der Waals surface area contributed by atoms with Gasteiger partial charge in [0.25, 0.3) is 11.8 Å². The lowest BCUT2D eigenvalue weighted by Crippen LogP contribution is -2.46. The number of hydrogen-bond donors (Lipinski definition) is 4. The monoisotopic (exact) mass is 532 g/mol. The van der Waals surface area contributed by atoms with Gasteiger partial charge in [0, 0.05) is 45.4 Å². The molecule has 2 saturated heterocycles. The van der Waals surface area contributed by atoms with Gasteiger partial charge in [-0.15, -0.1) is 0 Å². The summed E-state index contributed by atoms with van der Waals surface area (Å²) in [5, 5.41) is 0. The fourth-order valence-electron chi connectivity index (χ4n) is 4.36. The van der Waals surface area contributed by atoms with Crippen molar-refractivity contribution in [3.8, 4) is 0 Å². The maximum Gasteiger partial charge on any atom is 0.267 e. The predicted octanol–water partition coefficient (Wildman–Crippen LogP) is 2.05. The molecule has 0 unspecified atom stereocenters. The van der Waals surface area contributed by atoms with Crippen LogP contribution in [0.2, 0.25) is 0 Å². The highest BCUT2D eigenvalue weighted by Crippen LogP contribution is 2.29. The second-order valence-electron chi connectivity index (χ2n) is 10.2. The predicted molar refractivity (Wildman–Crippen MR) is 138 cm³/mol. The topological polar surface area (TPSA) is 160 Å². The summed E-state index contributed by atoms with van der Waals surface area (Å²) in [5.41, 5.74) is 22.7. The van der Waals surface area contributed by atoms with E-state index in [4.69, 9.17) is 22.9 Å². The van der Waals surface area contributed by atoms with Crippen LogP contribution < -0.4 is 22.9 Å². The van der Waals surface area contributed by atoms with Crippen LogP contribution in [0.3, 0.4) is 0 Å². The summed E-state index contributed by atoms with van der Waals surface area (Å²) in [4.78, 5) is 19.3. The number of hydrogen-bond acceptors (Lipinski definition) is 2. The Morgan fingerprint density at radius 3 is 1.81 bits per heavy atom. The van der Waals surface area contributed by atoms with Crippen LogP contribution >= 0.6 is 0 Å². The molecule has 0 aromatic rings. The molecular weight excluding hydrogens is 492 g/mol.